The van der Waals surface area contributed by atoms with Gasteiger partial charge < -0.3 is 5.32 Å². The maximum Gasteiger partial charge on any atom is 0.233 e. The topological polar surface area (TPSA) is 66.5 Å². The van der Waals surface area contributed by atoms with Crippen molar-refractivity contribution in [1.29, 1.82) is 0 Å². The van der Waals surface area contributed by atoms with Gasteiger partial charge in [-0.1, -0.05) is 38.8 Å². The molecule has 5 heteroatoms. The van der Waals surface area contributed by atoms with Crippen molar-refractivity contribution in [1.82, 2.24) is 4.90 Å². The minimum Gasteiger partial charge on any atom is -0.326 e. The molecular weight excluding hydrogens is 316 g/mol. The number of hydrogen-bond acceptors (Lipinski definition) is 3. The van der Waals surface area contributed by atoms with E-state index < -0.39 is 0 Å². The molecule has 1 saturated carbocycles. The van der Waals surface area contributed by atoms with E-state index in [4.69, 9.17) is 0 Å². The van der Waals surface area contributed by atoms with E-state index in [0.717, 1.165) is 31.4 Å². The number of amides is 3. The first-order valence-electron chi connectivity index (χ1n) is 9.22. The van der Waals surface area contributed by atoms with Crippen LogP contribution >= 0.6 is 0 Å². The fourth-order valence-corrected chi connectivity index (χ4v) is 3.84. The van der Waals surface area contributed by atoms with Crippen LogP contribution in [0.3, 0.4) is 0 Å². The zero-order valence-electron chi connectivity index (χ0n) is 15.0. The molecule has 3 rings (SSSR count). The van der Waals surface area contributed by atoms with Crippen molar-refractivity contribution in [2.24, 2.45) is 11.8 Å². The molecule has 25 heavy (non-hydrogen) atoms. The largest absolute Gasteiger partial charge is 0.326 e. The predicted octanol–water partition coefficient (Wildman–Crippen LogP) is 3.31. The average molecular weight is 342 g/mol. The second-order valence-electron chi connectivity index (χ2n) is 7.40. The predicted molar refractivity (Wildman–Crippen MR) is 95.9 cm³/mol. The lowest BCUT2D eigenvalue weighted by Crippen LogP contribution is -2.34. The molecule has 1 aromatic carbocycles. The summed E-state index contributed by atoms with van der Waals surface area (Å²) in [4.78, 5) is 38.3. The number of nitrogens with one attached hydrogen (secondary N) is 1. The van der Waals surface area contributed by atoms with Crippen LogP contribution in [-0.2, 0) is 14.4 Å². The summed E-state index contributed by atoms with van der Waals surface area (Å²) in [7, 11) is 0. The molecule has 2 atom stereocenters. The molecule has 5 nitrogen and oxygen atoms in total. The van der Waals surface area contributed by atoms with Gasteiger partial charge >= 0.3 is 0 Å². The molecule has 0 aromatic heterocycles. The second kappa shape index (κ2) is 7.38. The Morgan fingerprint density at radius 1 is 1.08 bits per heavy atom. The van der Waals surface area contributed by atoms with Crippen molar-refractivity contribution >= 4 is 23.4 Å². The molecule has 1 aromatic rings. The summed E-state index contributed by atoms with van der Waals surface area (Å²) < 4.78 is 0. The highest BCUT2D eigenvalue weighted by Crippen LogP contribution is 2.37. The van der Waals surface area contributed by atoms with E-state index in [0.29, 0.717) is 5.92 Å². The number of likely N-dealkylation sites (tertiary alicyclic amines) is 1. The molecule has 134 valence electrons. The van der Waals surface area contributed by atoms with Crippen LogP contribution in [0.4, 0.5) is 5.69 Å². The van der Waals surface area contributed by atoms with Gasteiger partial charge in [0.05, 0.1) is 11.8 Å². The van der Waals surface area contributed by atoms with Crippen molar-refractivity contribution in [3.8, 4) is 0 Å². The zero-order valence-corrected chi connectivity index (χ0v) is 15.0. The van der Waals surface area contributed by atoms with Gasteiger partial charge in [-0.05, 0) is 36.5 Å². The smallest absolute Gasteiger partial charge is 0.233 e. The lowest BCUT2D eigenvalue weighted by Gasteiger charge is -2.19. The molecule has 1 saturated heterocycles. The number of carbonyl (C=O) groups excluding carboxylic acids is 3. The Morgan fingerprint density at radius 3 is 2.16 bits per heavy atom. The van der Waals surface area contributed by atoms with Gasteiger partial charge in [0.2, 0.25) is 17.7 Å². The number of nitrogens with zero attached hydrogens (tertiary/aromatic N) is 1. The van der Waals surface area contributed by atoms with Crippen molar-refractivity contribution in [3.63, 3.8) is 0 Å². The molecule has 2 unspecified atom stereocenters. The third-order valence-electron chi connectivity index (χ3n) is 5.36. The van der Waals surface area contributed by atoms with Crippen LogP contribution in [-0.4, -0.2) is 29.2 Å². The number of rotatable bonds is 5. The van der Waals surface area contributed by atoms with Crippen LogP contribution in [0.15, 0.2) is 24.3 Å². The Bertz CT molecular complexity index is 642. The van der Waals surface area contributed by atoms with Crippen LogP contribution < -0.4 is 5.32 Å². The van der Waals surface area contributed by atoms with Crippen LogP contribution in [0, 0.1) is 11.8 Å². The van der Waals surface area contributed by atoms with E-state index in [9.17, 15) is 14.4 Å². The van der Waals surface area contributed by atoms with Gasteiger partial charge in [-0.2, -0.15) is 0 Å². The van der Waals surface area contributed by atoms with E-state index in [-0.39, 0.29) is 42.5 Å². The summed E-state index contributed by atoms with van der Waals surface area (Å²) in [6, 6.07) is 7.76. The Morgan fingerprint density at radius 2 is 1.64 bits per heavy atom. The number of imide groups is 1. The molecule has 1 N–H and O–H groups in total. The van der Waals surface area contributed by atoms with Gasteiger partial charge in [-0.15, -0.1) is 0 Å². The zero-order chi connectivity index (χ0) is 18.0. The maximum absolute atomic E-state index is 12.4. The molecule has 0 radical (unpaired) electrons. The highest BCUT2D eigenvalue weighted by atomic mass is 16.2. The van der Waals surface area contributed by atoms with E-state index in [1.54, 1.807) is 0 Å². The van der Waals surface area contributed by atoms with Crippen LogP contribution in [0.25, 0.3) is 0 Å². The van der Waals surface area contributed by atoms with Gasteiger partial charge in [0.25, 0.3) is 0 Å². The lowest BCUT2D eigenvalue weighted by atomic mass is 9.81. The molecule has 3 amide bonds. The minimum atomic E-state index is -0.173. The van der Waals surface area contributed by atoms with Crippen molar-refractivity contribution < 1.29 is 14.4 Å². The van der Waals surface area contributed by atoms with Gasteiger partial charge in [0.1, 0.15) is 0 Å². The summed E-state index contributed by atoms with van der Waals surface area (Å²) in [6.07, 6.45) is 3.78. The van der Waals surface area contributed by atoms with E-state index in [1.807, 2.05) is 24.3 Å². The van der Waals surface area contributed by atoms with Crippen LogP contribution in [0.1, 0.15) is 57.4 Å². The normalized spacial score (nSPS) is 23.1. The van der Waals surface area contributed by atoms with Crippen molar-refractivity contribution in [2.75, 3.05) is 11.9 Å². The molecule has 1 heterocycles. The van der Waals surface area contributed by atoms with Crippen LogP contribution in [0.5, 0.6) is 0 Å². The second-order valence-corrected chi connectivity index (χ2v) is 7.40. The Balaban J connectivity index is 1.53. The highest BCUT2D eigenvalue weighted by molar-refractivity contribution is 6.05. The van der Waals surface area contributed by atoms with Crippen molar-refractivity contribution in [2.45, 2.75) is 51.9 Å². The molecule has 1 aliphatic carbocycles. The monoisotopic (exact) mass is 342 g/mol. The average Bonchev–Trinajstić information content (AvgIpc) is 2.85. The summed E-state index contributed by atoms with van der Waals surface area (Å²) in [5.74, 6) is -0.179. The molecule has 2 fully saturated rings. The molecule has 1 aliphatic heterocycles. The van der Waals surface area contributed by atoms with E-state index >= 15 is 0 Å². The van der Waals surface area contributed by atoms with Gasteiger partial charge in [-0.3, -0.25) is 19.3 Å². The first kappa shape index (κ1) is 17.6. The number of carbonyl (C=O) groups is 3. The summed E-state index contributed by atoms with van der Waals surface area (Å²) in [5, 5.41) is 2.84. The van der Waals surface area contributed by atoms with Gasteiger partial charge in [0.15, 0.2) is 0 Å². The van der Waals surface area contributed by atoms with Gasteiger partial charge in [-0.25, -0.2) is 0 Å². The number of anilines is 1. The third kappa shape index (κ3) is 3.75. The van der Waals surface area contributed by atoms with E-state index in [2.05, 4.69) is 19.2 Å². The SMILES string of the molecule is CC(C)c1ccc(NC(=O)CCN2C(=O)C3CCCCC3C2=O)cc1. The summed E-state index contributed by atoms with van der Waals surface area (Å²) >= 11 is 0. The molecule has 0 bridgehead atoms. The molecular formula is C20H26N2O3. The number of hydrogen-bond donors (Lipinski definition) is 1. The standard InChI is InChI=1S/C20H26N2O3/c1-13(2)14-7-9-15(10-8-14)21-18(23)11-12-22-19(24)16-5-3-4-6-17(16)20(22)25/h7-10,13,16-17H,3-6,11-12H2,1-2H3,(H,21,23). The first-order chi connectivity index (χ1) is 12.0. The highest BCUT2D eigenvalue weighted by Gasteiger charge is 2.47. The quantitative estimate of drug-likeness (QED) is 0.835. The summed E-state index contributed by atoms with van der Waals surface area (Å²) in [5.41, 5.74) is 1.95. The first-order valence-corrected chi connectivity index (χ1v) is 9.22. The lowest BCUT2D eigenvalue weighted by molar-refractivity contribution is -0.140. The van der Waals surface area contributed by atoms with E-state index in [1.165, 1.54) is 10.5 Å². The fraction of sp³-hybridized carbons (Fsp3) is 0.550. The minimum absolute atomic E-state index is 0.0798. The number of benzene rings is 1. The Hall–Kier alpha value is -2.17. The maximum atomic E-state index is 12.4. The van der Waals surface area contributed by atoms with Crippen molar-refractivity contribution in [3.05, 3.63) is 29.8 Å². The van der Waals surface area contributed by atoms with Gasteiger partial charge in [0, 0.05) is 18.7 Å². The summed E-state index contributed by atoms with van der Waals surface area (Å²) in [6.45, 7) is 4.42. The Labute approximate surface area is 148 Å². The third-order valence-corrected chi connectivity index (χ3v) is 5.36. The van der Waals surface area contributed by atoms with Crippen LogP contribution in [0.2, 0.25) is 0 Å². The fourth-order valence-electron chi connectivity index (χ4n) is 3.84. The molecule has 2 aliphatic rings. The molecule has 0 spiro atoms. The number of fused-ring (bicyclic) bond motifs is 1. The Kier molecular flexibility index (Phi) is 5.21.